The number of ether oxygens (including phenoxy) is 1. The predicted octanol–water partition coefficient (Wildman–Crippen LogP) is 3.58. The van der Waals surface area contributed by atoms with Crippen molar-refractivity contribution in [2.24, 2.45) is 0 Å². The number of nitrogens with zero attached hydrogens (tertiary/aromatic N) is 1. The van der Waals surface area contributed by atoms with E-state index in [1.807, 2.05) is 6.07 Å². The van der Waals surface area contributed by atoms with Gasteiger partial charge >= 0.3 is 5.97 Å². The Hall–Kier alpha value is -2.75. The Morgan fingerprint density at radius 3 is 2.55 bits per heavy atom. The maximum atomic E-state index is 13.3. The number of likely N-dealkylation sites (N-methyl/N-ethyl adjacent to an activating group) is 1. The van der Waals surface area contributed by atoms with E-state index < -0.39 is 6.04 Å². The Morgan fingerprint density at radius 2 is 1.84 bits per heavy atom. The number of hydrogen-bond donors (Lipinski definition) is 2. The van der Waals surface area contributed by atoms with Crippen LogP contribution in [0.1, 0.15) is 59.0 Å². The van der Waals surface area contributed by atoms with Crippen molar-refractivity contribution in [2.75, 3.05) is 33.3 Å². The minimum Gasteiger partial charge on any atom is -0.466 e. The minimum absolute atomic E-state index is 0.122. The molecule has 0 fully saturated rings. The molecule has 0 radical (unpaired) electrons. The molecule has 0 saturated heterocycles. The number of esters is 1. The highest BCUT2D eigenvalue weighted by Gasteiger charge is 2.23. The number of fused-ring (bicyclic) bond motifs is 1. The van der Waals surface area contributed by atoms with Crippen LogP contribution in [0.25, 0.3) is 0 Å². The highest BCUT2D eigenvalue weighted by molar-refractivity contribution is 7.18. The monoisotopic (exact) mass is 561 g/mol. The molecule has 0 unspecified atom stereocenters. The summed E-state index contributed by atoms with van der Waals surface area (Å²) in [7, 11) is 2.11. The smallest absolute Gasteiger partial charge is 0.305 e. The van der Waals surface area contributed by atoms with Gasteiger partial charge in [-0.3, -0.25) is 19.2 Å². The highest BCUT2D eigenvalue weighted by Crippen LogP contribution is 2.22. The second-order valence-electron chi connectivity index (χ2n) is 9.48. The summed E-state index contributed by atoms with van der Waals surface area (Å²) in [6.45, 7) is 4.26. The number of ketones is 1. The van der Waals surface area contributed by atoms with Gasteiger partial charge in [0.1, 0.15) is 0 Å². The Morgan fingerprint density at radius 1 is 1.08 bits per heavy atom. The number of benzene rings is 1. The number of nitrogens with one attached hydrogen (secondary N) is 2. The molecule has 1 atom stereocenters. The van der Waals surface area contributed by atoms with E-state index in [1.54, 1.807) is 19.1 Å². The van der Waals surface area contributed by atoms with Crippen LogP contribution in [0.3, 0.4) is 0 Å². The zero-order valence-electron chi connectivity index (χ0n) is 22.0. The topological polar surface area (TPSA) is 105 Å². The normalized spacial score (nSPS) is 14.2. The van der Waals surface area contributed by atoms with E-state index in [1.165, 1.54) is 11.1 Å². The molecule has 1 aliphatic heterocycles. The van der Waals surface area contributed by atoms with Gasteiger partial charge in [0.05, 0.1) is 21.9 Å². The molecule has 1 aliphatic rings. The largest absolute Gasteiger partial charge is 0.466 e. The number of hydrogen-bond acceptors (Lipinski definition) is 7. The molecule has 1 aromatic carbocycles. The molecule has 2 heterocycles. The average Bonchev–Trinajstić information content (AvgIpc) is 3.23. The molecule has 0 spiro atoms. The summed E-state index contributed by atoms with van der Waals surface area (Å²) in [4.78, 5) is 52.5. The van der Waals surface area contributed by atoms with Gasteiger partial charge in [0, 0.05) is 38.9 Å². The van der Waals surface area contributed by atoms with Gasteiger partial charge in [-0.05, 0) is 68.5 Å². The van der Waals surface area contributed by atoms with Crippen molar-refractivity contribution in [3.8, 4) is 0 Å². The Labute approximate surface area is 233 Å². The molecule has 0 aliphatic carbocycles. The lowest BCUT2D eigenvalue weighted by atomic mass is 9.95. The molecule has 38 heavy (non-hydrogen) atoms. The molecule has 206 valence electrons. The van der Waals surface area contributed by atoms with Crippen molar-refractivity contribution in [1.82, 2.24) is 15.5 Å². The minimum atomic E-state index is -0.770. The van der Waals surface area contributed by atoms with Crippen LogP contribution in [0.4, 0.5) is 0 Å². The van der Waals surface area contributed by atoms with Gasteiger partial charge in [-0.25, -0.2) is 0 Å². The molecule has 0 saturated carbocycles. The molecule has 8 nitrogen and oxygen atoms in total. The van der Waals surface area contributed by atoms with Gasteiger partial charge in [0.2, 0.25) is 5.91 Å². The average molecular weight is 562 g/mol. The fraction of sp³-hybridized carbons (Fsp3) is 0.500. The van der Waals surface area contributed by atoms with E-state index in [-0.39, 0.29) is 55.8 Å². The van der Waals surface area contributed by atoms with Crippen molar-refractivity contribution in [1.29, 1.82) is 0 Å². The molecule has 2 N–H and O–H groups in total. The van der Waals surface area contributed by atoms with Crippen LogP contribution >= 0.6 is 22.9 Å². The first-order valence-electron chi connectivity index (χ1n) is 13.1. The number of thiophene rings is 1. The van der Waals surface area contributed by atoms with Gasteiger partial charge in [-0.15, -0.1) is 11.3 Å². The van der Waals surface area contributed by atoms with Crippen LogP contribution in [-0.2, 0) is 38.4 Å². The summed E-state index contributed by atoms with van der Waals surface area (Å²) >= 11 is 7.12. The van der Waals surface area contributed by atoms with Crippen LogP contribution in [0, 0.1) is 0 Å². The summed E-state index contributed by atoms with van der Waals surface area (Å²) < 4.78 is 5.36. The maximum absolute atomic E-state index is 13.3. The fourth-order valence-corrected chi connectivity index (χ4v) is 5.32. The lowest BCUT2D eigenvalue weighted by Gasteiger charge is -2.18. The number of Topliss-reactive ketones (excluding diaryl/α,β-unsaturated/α-hetero) is 1. The number of rotatable bonds is 13. The number of halogens is 1. The van der Waals surface area contributed by atoms with Crippen LogP contribution in [0.15, 0.2) is 30.3 Å². The van der Waals surface area contributed by atoms with E-state index in [0.29, 0.717) is 22.2 Å². The molecule has 2 aromatic rings. The van der Waals surface area contributed by atoms with Gasteiger partial charge < -0.3 is 20.3 Å². The molecule has 10 heteroatoms. The third-order valence-corrected chi connectivity index (χ3v) is 7.74. The van der Waals surface area contributed by atoms with E-state index in [2.05, 4.69) is 34.7 Å². The van der Waals surface area contributed by atoms with Crippen molar-refractivity contribution in [3.05, 3.63) is 56.2 Å². The lowest BCUT2D eigenvalue weighted by molar-refractivity contribution is -0.143. The van der Waals surface area contributed by atoms with Gasteiger partial charge in [-0.1, -0.05) is 29.8 Å². The summed E-state index contributed by atoms with van der Waals surface area (Å²) in [5, 5.41) is 5.62. The number of amides is 2. The first-order valence-corrected chi connectivity index (χ1v) is 14.2. The number of carbonyl (C=O) groups excluding carboxylic acids is 4. The van der Waals surface area contributed by atoms with Crippen LogP contribution in [0.5, 0.6) is 0 Å². The lowest BCUT2D eigenvalue weighted by Crippen LogP contribution is -2.43. The second kappa shape index (κ2) is 15.0. The van der Waals surface area contributed by atoms with Crippen molar-refractivity contribution < 1.29 is 23.9 Å². The standard InChI is InChI=1S/C28H36ClN3O5S/c1-3-37-27(35)6-4-5-26(34)30-14-11-22(31-28(36)24-9-10-25(29)38-24)23(33)18-19-7-8-20-12-15-32(2)16-13-21(20)17-19/h7-10,17,22H,3-6,11-16,18H2,1-2H3,(H,30,34)(H,31,36)/t22-/m1/s1. The first kappa shape index (κ1) is 29.8. The zero-order chi connectivity index (χ0) is 27.5. The third-order valence-electron chi connectivity index (χ3n) is 6.51. The van der Waals surface area contributed by atoms with Crippen molar-refractivity contribution in [2.45, 2.75) is 57.9 Å². The Kier molecular flexibility index (Phi) is 11.8. The van der Waals surface area contributed by atoms with Crippen LogP contribution in [-0.4, -0.2) is 67.8 Å². The Bertz CT molecular complexity index is 1140. The van der Waals surface area contributed by atoms with Crippen molar-refractivity contribution >= 4 is 46.5 Å². The van der Waals surface area contributed by atoms with E-state index in [0.717, 1.165) is 42.8 Å². The molecular formula is C28H36ClN3O5S. The van der Waals surface area contributed by atoms with E-state index >= 15 is 0 Å². The first-order chi connectivity index (χ1) is 18.2. The van der Waals surface area contributed by atoms with Gasteiger partial charge in [0.15, 0.2) is 5.78 Å². The van der Waals surface area contributed by atoms with Gasteiger partial charge in [-0.2, -0.15) is 0 Å². The van der Waals surface area contributed by atoms with Crippen molar-refractivity contribution in [3.63, 3.8) is 0 Å². The molecule has 2 amide bonds. The quantitative estimate of drug-likeness (QED) is 0.362. The summed E-state index contributed by atoms with van der Waals surface area (Å²) in [6.07, 6.45) is 3.12. The third kappa shape index (κ3) is 9.53. The fourth-order valence-electron chi connectivity index (χ4n) is 4.37. The van der Waals surface area contributed by atoms with Gasteiger partial charge in [0.25, 0.3) is 5.91 Å². The SMILES string of the molecule is CCOC(=O)CCCC(=O)NCC[C@@H](NC(=O)c1ccc(Cl)s1)C(=O)Cc1ccc2c(c1)CCN(C)CC2. The maximum Gasteiger partial charge on any atom is 0.305 e. The second-order valence-corrected chi connectivity index (χ2v) is 11.2. The molecule has 3 rings (SSSR count). The van der Waals surface area contributed by atoms with Crippen LogP contribution < -0.4 is 10.6 Å². The predicted molar refractivity (Wildman–Crippen MR) is 149 cm³/mol. The molecule has 1 aromatic heterocycles. The zero-order valence-corrected chi connectivity index (χ0v) is 23.6. The summed E-state index contributed by atoms with van der Waals surface area (Å²) in [6, 6.07) is 8.70. The van der Waals surface area contributed by atoms with E-state index in [9.17, 15) is 19.2 Å². The number of carbonyl (C=O) groups is 4. The van der Waals surface area contributed by atoms with Crippen LogP contribution in [0.2, 0.25) is 4.34 Å². The highest BCUT2D eigenvalue weighted by atomic mass is 35.5. The molecular weight excluding hydrogens is 526 g/mol. The summed E-state index contributed by atoms with van der Waals surface area (Å²) in [5.74, 6) is -1.03. The summed E-state index contributed by atoms with van der Waals surface area (Å²) in [5.41, 5.74) is 3.50. The molecule has 0 bridgehead atoms. The van der Waals surface area contributed by atoms with E-state index in [4.69, 9.17) is 16.3 Å². The Balaban J connectivity index is 1.60.